The number of carbonyl (C=O) groups is 1. The van der Waals surface area contributed by atoms with E-state index >= 15 is 0 Å². The van der Waals surface area contributed by atoms with E-state index in [1.165, 1.54) is 0 Å². The number of carbonyl (C=O) groups excluding carboxylic acids is 1. The van der Waals surface area contributed by atoms with Crippen molar-refractivity contribution in [2.75, 3.05) is 17.3 Å². The zero-order valence-electron chi connectivity index (χ0n) is 18.6. The summed E-state index contributed by atoms with van der Waals surface area (Å²) < 4.78 is 5.58. The minimum atomic E-state index is -0.122. The van der Waals surface area contributed by atoms with Gasteiger partial charge in [0.2, 0.25) is 5.91 Å². The fourth-order valence-corrected chi connectivity index (χ4v) is 4.52. The molecule has 1 aliphatic heterocycles. The van der Waals surface area contributed by atoms with E-state index in [1.54, 1.807) is 13.3 Å². The number of rotatable bonds is 6. The number of hydrogen-bond acceptors (Lipinski definition) is 4. The van der Waals surface area contributed by atoms with Gasteiger partial charge in [-0.25, -0.2) is 0 Å². The van der Waals surface area contributed by atoms with Crippen molar-refractivity contribution in [3.05, 3.63) is 71.3 Å². The first-order valence-electron chi connectivity index (χ1n) is 10.6. The van der Waals surface area contributed by atoms with E-state index in [2.05, 4.69) is 38.5 Å². The summed E-state index contributed by atoms with van der Waals surface area (Å²) in [4.78, 5) is 22.0. The number of benzene rings is 1. The highest BCUT2D eigenvalue weighted by Gasteiger charge is 2.42. The Bertz CT molecular complexity index is 1140. The van der Waals surface area contributed by atoms with Gasteiger partial charge in [0.25, 0.3) is 0 Å². The van der Waals surface area contributed by atoms with Gasteiger partial charge in [-0.3, -0.25) is 9.78 Å². The molecular formula is C24H27N5O2S. The number of aromatic amines is 1. The van der Waals surface area contributed by atoms with Gasteiger partial charge < -0.3 is 25.3 Å². The maximum Gasteiger partial charge on any atom is 0.224 e. The van der Waals surface area contributed by atoms with Crippen LogP contribution in [0.15, 0.2) is 48.7 Å². The molecule has 32 heavy (non-hydrogen) atoms. The predicted octanol–water partition coefficient (Wildman–Crippen LogP) is 4.56. The number of hydrogen-bond donors (Lipinski definition) is 3. The average molecular weight is 450 g/mol. The van der Waals surface area contributed by atoms with Gasteiger partial charge in [0.1, 0.15) is 5.75 Å². The van der Waals surface area contributed by atoms with E-state index in [0.29, 0.717) is 23.0 Å². The average Bonchev–Trinajstić information content (AvgIpc) is 3.32. The monoisotopic (exact) mass is 449 g/mol. The summed E-state index contributed by atoms with van der Waals surface area (Å²) in [5.41, 5.74) is 5.74. The van der Waals surface area contributed by atoms with Crippen LogP contribution < -0.4 is 20.3 Å². The fourth-order valence-electron chi connectivity index (χ4n) is 4.17. The van der Waals surface area contributed by atoms with Gasteiger partial charge in [-0.2, -0.15) is 0 Å². The summed E-state index contributed by atoms with van der Waals surface area (Å²) in [6, 6.07) is 13.5. The Kier molecular flexibility index (Phi) is 6.14. The summed E-state index contributed by atoms with van der Waals surface area (Å²) in [5.74, 6) is 0.509. The Balaban J connectivity index is 1.80. The number of methoxy groups -OCH3 is 1. The second-order valence-corrected chi connectivity index (χ2v) is 8.20. The number of ether oxygens (including phenoxy) is 1. The van der Waals surface area contributed by atoms with Crippen LogP contribution in [0.4, 0.5) is 11.4 Å². The van der Waals surface area contributed by atoms with E-state index < -0.39 is 0 Å². The van der Waals surface area contributed by atoms with Crippen molar-refractivity contribution in [3.63, 3.8) is 0 Å². The molecule has 3 aromatic rings. The smallest absolute Gasteiger partial charge is 0.224 e. The van der Waals surface area contributed by atoms with Crippen molar-refractivity contribution in [2.24, 2.45) is 0 Å². The summed E-state index contributed by atoms with van der Waals surface area (Å²) in [7, 11) is 1.59. The Morgan fingerprint density at radius 3 is 2.69 bits per heavy atom. The SMILES string of the molecule is CCC(=O)Nc1ccc(N2C(=S)N[C@@H](c3ccccn3)[C@@H]2c2cc(C)[nH]c2C)cc1OC. The van der Waals surface area contributed by atoms with Crippen LogP contribution >= 0.6 is 12.2 Å². The van der Waals surface area contributed by atoms with Crippen LogP contribution in [-0.4, -0.2) is 28.1 Å². The molecule has 2 atom stereocenters. The number of nitrogens with zero attached hydrogens (tertiary/aromatic N) is 2. The van der Waals surface area contributed by atoms with Crippen LogP contribution in [0.1, 0.15) is 48.1 Å². The van der Waals surface area contributed by atoms with Crippen LogP contribution in [0.25, 0.3) is 0 Å². The Morgan fingerprint density at radius 1 is 1.25 bits per heavy atom. The molecule has 0 saturated carbocycles. The number of anilines is 2. The number of aryl methyl sites for hydroxylation is 2. The van der Waals surface area contributed by atoms with E-state index in [9.17, 15) is 4.79 Å². The van der Waals surface area contributed by atoms with Crippen LogP contribution in [0.5, 0.6) is 5.75 Å². The molecule has 2 aromatic heterocycles. The number of pyridine rings is 1. The quantitative estimate of drug-likeness (QED) is 0.479. The van der Waals surface area contributed by atoms with Gasteiger partial charge >= 0.3 is 0 Å². The molecule has 0 radical (unpaired) electrons. The lowest BCUT2D eigenvalue weighted by Gasteiger charge is -2.28. The molecule has 1 aromatic carbocycles. The van der Waals surface area contributed by atoms with Crippen LogP contribution in [0.2, 0.25) is 0 Å². The number of H-pyrrole nitrogens is 1. The van der Waals surface area contributed by atoms with E-state index in [4.69, 9.17) is 17.0 Å². The van der Waals surface area contributed by atoms with Gasteiger partial charge in [0.15, 0.2) is 5.11 Å². The normalized spacial score (nSPS) is 17.9. The van der Waals surface area contributed by atoms with Gasteiger partial charge in [-0.05, 0) is 62.0 Å². The first-order valence-corrected chi connectivity index (χ1v) is 11.0. The minimum absolute atomic E-state index is 0.0686. The molecule has 0 unspecified atom stereocenters. The second kappa shape index (κ2) is 9.00. The molecule has 7 nitrogen and oxygen atoms in total. The van der Waals surface area contributed by atoms with Crippen LogP contribution in [-0.2, 0) is 4.79 Å². The van der Waals surface area contributed by atoms with Crippen molar-refractivity contribution in [1.29, 1.82) is 0 Å². The molecule has 0 bridgehead atoms. The number of amides is 1. The lowest BCUT2D eigenvalue weighted by Crippen LogP contribution is -2.29. The summed E-state index contributed by atoms with van der Waals surface area (Å²) in [5, 5.41) is 6.96. The molecule has 3 heterocycles. The fraction of sp³-hybridized carbons (Fsp3) is 0.292. The number of aromatic nitrogens is 2. The molecule has 1 amide bonds. The molecule has 0 aliphatic carbocycles. The minimum Gasteiger partial charge on any atom is -0.494 e. The van der Waals surface area contributed by atoms with Crippen molar-refractivity contribution in [1.82, 2.24) is 15.3 Å². The predicted molar refractivity (Wildman–Crippen MR) is 130 cm³/mol. The lowest BCUT2D eigenvalue weighted by molar-refractivity contribution is -0.115. The topological polar surface area (TPSA) is 82.3 Å². The molecule has 3 N–H and O–H groups in total. The first kappa shape index (κ1) is 21.8. The van der Waals surface area contributed by atoms with Crippen LogP contribution in [0.3, 0.4) is 0 Å². The third kappa shape index (κ3) is 4.05. The molecule has 1 fully saturated rings. The highest BCUT2D eigenvalue weighted by Crippen LogP contribution is 2.44. The maximum atomic E-state index is 11.9. The Labute approximate surface area is 193 Å². The molecule has 8 heteroatoms. The molecule has 1 saturated heterocycles. The van der Waals surface area contributed by atoms with Gasteiger partial charge in [-0.15, -0.1) is 0 Å². The molecule has 1 aliphatic rings. The molecule has 0 spiro atoms. The van der Waals surface area contributed by atoms with Crippen molar-refractivity contribution in [2.45, 2.75) is 39.3 Å². The van der Waals surface area contributed by atoms with Crippen molar-refractivity contribution in [3.8, 4) is 5.75 Å². The summed E-state index contributed by atoms with van der Waals surface area (Å²) >= 11 is 5.79. The zero-order valence-corrected chi connectivity index (χ0v) is 19.4. The standard InChI is InChI=1S/C24H27N5O2S/c1-5-21(30)27-18-10-9-16(13-20(18)31-4)29-23(17-12-14(2)26-15(17)3)22(28-24(29)32)19-8-6-7-11-25-19/h6-13,22-23,26H,5H2,1-4H3,(H,27,30)(H,28,32)/t22-,23-/m0/s1. The highest BCUT2D eigenvalue weighted by atomic mass is 32.1. The highest BCUT2D eigenvalue weighted by molar-refractivity contribution is 7.80. The molecule has 4 rings (SSSR count). The number of nitrogens with one attached hydrogen (secondary N) is 3. The van der Waals surface area contributed by atoms with Crippen molar-refractivity contribution < 1.29 is 9.53 Å². The number of thiocarbonyl (C=S) groups is 1. The lowest BCUT2D eigenvalue weighted by atomic mass is 9.96. The van der Waals surface area contributed by atoms with E-state index in [-0.39, 0.29) is 18.0 Å². The first-order chi connectivity index (χ1) is 15.4. The Hall–Kier alpha value is -3.39. The van der Waals surface area contributed by atoms with Gasteiger partial charge in [0, 0.05) is 35.8 Å². The van der Waals surface area contributed by atoms with Gasteiger partial charge in [-0.1, -0.05) is 13.0 Å². The third-order valence-electron chi connectivity index (χ3n) is 5.66. The van der Waals surface area contributed by atoms with Crippen molar-refractivity contribution >= 4 is 34.6 Å². The Morgan fingerprint density at radius 2 is 2.06 bits per heavy atom. The maximum absolute atomic E-state index is 11.9. The molecular weight excluding hydrogens is 422 g/mol. The van der Waals surface area contributed by atoms with E-state index in [1.807, 2.05) is 50.2 Å². The summed E-state index contributed by atoms with van der Waals surface area (Å²) in [6.45, 7) is 5.93. The summed E-state index contributed by atoms with van der Waals surface area (Å²) in [6.07, 6.45) is 2.19. The van der Waals surface area contributed by atoms with Crippen LogP contribution in [0, 0.1) is 13.8 Å². The van der Waals surface area contributed by atoms with Gasteiger partial charge in [0.05, 0.1) is 30.6 Å². The largest absolute Gasteiger partial charge is 0.494 e. The van der Waals surface area contributed by atoms with E-state index in [0.717, 1.165) is 28.3 Å². The molecule has 166 valence electrons. The zero-order chi connectivity index (χ0) is 22.8. The second-order valence-electron chi connectivity index (χ2n) is 7.82. The third-order valence-corrected chi connectivity index (χ3v) is 5.98.